The van der Waals surface area contributed by atoms with Crippen LogP contribution in [0.5, 0.6) is 17.2 Å². The largest absolute Gasteiger partial charge is 0.494 e. The number of hydrogen-bond donors (Lipinski definition) is 1. The summed E-state index contributed by atoms with van der Waals surface area (Å²) in [7, 11) is 0. The summed E-state index contributed by atoms with van der Waals surface area (Å²) in [5, 5.41) is 3.51. The van der Waals surface area contributed by atoms with E-state index in [-0.39, 0.29) is 19.1 Å². The van der Waals surface area contributed by atoms with Gasteiger partial charge in [-0.15, -0.1) is 0 Å². The summed E-state index contributed by atoms with van der Waals surface area (Å²) in [6, 6.07) is 10.7. The van der Waals surface area contributed by atoms with Crippen LogP contribution in [0.2, 0.25) is 0 Å². The average Bonchev–Trinajstić information content (AvgIpc) is 3.36. The first-order chi connectivity index (χ1) is 15.0. The van der Waals surface area contributed by atoms with Crippen molar-refractivity contribution < 1.29 is 33.0 Å². The number of fused-ring (bicyclic) bond motifs is 2. The van der Waals surface area contributed by atoms with Gasteiger partial charge in [-0.2, -0.15) is 0 Å². The van der Waals surface area contributed by atoms with Crippen molar-refractivity contribution in [2.45, 2.75) is 33.4 Å². The number of benzene rings is 2. The third kappa shape index (κ3) is 4.28. The van der Waals surface area contributed by atoms with E-state index in [0.29, 0.717) is 35.0 Å². The maximum atomic E-state index is 12.6. The van der Waals surface area contributed by atoms with Crippen LogP contribution in [-0.4, -0.2) is 31.4 Å². The van der Waals surface area contributed by atoms with E-state index in [1.54, 1.807) is 31.2 Å². The van der Waals surface area contributed by atoms with Gasteiger partial charge < -0.3 is 28.7 Å². The lowest BCUT2D eigenvalue weighted by atomic mass is 10.1. The van der Waals surface area contributed by atoms with E-state index < -0.39 is 18.0 Å². The van der Waals surface area contributed by atoms with Gasteiger partial charge in [-0.05, 0) is 56.7 Å². The summed E-state index contributed by atoms with van der Waals surface area (Å²) in [6.07, 6.45) is -0.992. The van der Waals surface area contributed by atoms with Crippen LogP contribution in [0.15, 0.2) is 40.8 Å². The number of rotatable bonds is 7. The van der Waals surface area contributed by atoms with Crippen molar-refractivity contribution in [3.63, 3.8) is 0 Å². The van der Waals surface area contributed by atoms with Crippen LogP contribution >= 0.6 is 0 Å². The molecule has 0 bridgehead atoms. The predicted molar refractivity (Wildman–Crippen MR) is 111 cm³/mol. The minimum atomic E-state index is -0.992. The highest BCUT2D eigenvalue weighted by Gasteiger charge is 2.24. The van der Waals surface area contributed by atoms with Crippen molar-refractivity contribution in [3.05, 3.63) is 53.3 Å². The fourth-order valence-corrected chi connectivity index (χ4v) is 3.30. The standard InChI is InChI=1S/C23H23NO7/c1-4-27-16-6-8-18-17(10-16)13(2)21(31-18)23(26)30-14(3)22(25)24-11-15-5-7-19-20(9-15)29-12-28-19/h5-10,14H,4,11-12H2,1-3H3,(H,24,25). The Bertz CT molecular complexity index is 1130. The van der Waals surface area contributed by atoms with Crippen LogP contribution in [0.4, 0.5) is 0 Å². The van der Waals surface area contributed by atoms with Crippen molar-refractivity contribution in [2.75, 3.05) is 13.4 Å². The minimum absolute atomic E-state index is 0.0686. The van der Waals surface area contributed by atoms with Crippen LogP contribution in [0, 0.1) is 6.92 Å². The number of ether oxygens (including phenoxy) is 4. The molecule has 1 amide bonds. The second kappa shape index (κ2) is 8.59. The van der Waals surface area contributed by atoms with Gasteiger partial charge in [0, 0.05) is 17.5 Å². The molecule has 1 unspecified atom stereocenters. The number of esters is 1. The molecule has 8 nitrogen and oxygen atoms in total. The van der Waals surface area contributed by atoms with E-state index >= 15 is 0 Å². The van der Waals surface area contributed by atoms with E-state index in [1.165, 1.54) is 6.92 Å². The van der Waals surface area contributed by atoms with E-state index in [0.717, 1.165) is 10.9 Å². The molecule has 4 rings (SSSR count). The van der Waals surface area contributed by atoms with Crippen LogP contribution in [0.25, 0.3) is 11.0 Å². The Morgan fingerprint density at radius 3 is 2.74 bits per heavy atom. The molecule has 0 aliphatic carbocycles. The molecular weight excluding hydrogens is 402 g/mol. The Labute approximate surface area is 179 Å². The highest BCUT2D eigenvalue weighted by atomic mass is 16.7. The molecule has 2 aromatic carbocycles. The molecule has 0 fully saturated rings. The number of carbonyl (C=O) groups is 2. The Balaban J connectivity index is 1.38. The van der Waals surface area contributed by atoms with Crippen molar-refractivity contribution in [3.8, 4) is 17.2 Å². The molecule has 1 atom stereocenters. The smallest absolute Gasteiger partial charge is 0.375 e. The topological polar surface area (TPSA) is 96.2 Å². The number of aryl methyl sites for hydroxylation is 1. The van der Waals surface area contributed by atoms with Gasteiger partial charge in [0.15, 0.2) is 17.6 Å². The second-order valence-electron chi connectivity index (χ2n) is 7.10. The zero-order chi connectivity index (χ0) is 22.0. The van der Waals surface area contributed by atoms with Gasteiger partial charge in [0.2, 0.25) is 12.6 Å². The van der Waals surface area contributed by atoms with Gasteiger partial charge in [-0.1, -0.05) is 6.07 Å². The summed E-state index contributed by atoms with van der Waals surface area (Å²) < 4.78 is 27.1. The van der Waals surface area contributed by atoms with Gasteiger partial charge in [0.25, 0.3) is 5.91 Å². The summed E-state index contributed by atoms with van der Waals surface area (Å²) in [5.41, 5.74) is 2.02. The molecule has 0 radical (unpaired) electrons. The SMILES string of the molecule is CCOc1ccc2oc(C(=O)OC(C)C(=O)NCc3ccc4c(c3)OCO4)c(C)c2c1. The average molecular weight is 425 g/mol. The number of nitrogens with one attached hydrogen (secondary N) is 1. The minimum Gasteiger partial charge on any atom is -0.494 e. The third-order valence-corrected chi connectivity index (χ3v) is 4.96. The number of carbonyl (C=O) groups excluding carboxylic acids is 2. The Hall–Kier alpha value is -3.68. The Kier molecular flexibility index (Phi) is 5.70. The van der Waals surface area contributed by atoms with Crippen molar-refractivity contribution in [2.24, 2.45) is 0 Å². The highest BCUT2D eigenvalue weighted by Crippen LogP contribution is 2.32. The van der Waals surface area contributed by atoms with Gasteiger partial charge >= 0.3 is 5.97 Å². The molecule has 162 valence electrons. The van der Waals surface area contributed by atoms with Gasteiger partial charge in [-0.3, -0.25) is 4.79 Å². The molecule has 2 heterocycles. The van der Waals surface area contributed by atoms with Crippen LogP contribution in [0.3, 0.4) is 0 Å². The fourth-order valence-electron chi connectivity index (χ4n) is 3.30. The number of hydrogen-bond acceptors (Lipinski definition) is 7. The molecule has 8 heteroatoms. The lowest BCUT2D eigenvalue weighted by Gasteiger charge is -2.13. The zero-order valence-corrected chi connectivity index (χ0v) is 17.5. The first kappa shape index (κ1) is 20.6. The van der Waals surface area contributed by atoms with E-state index in [9.17, 15) is 9.59 Å². The van der Waals surface area contributed by atoms with Crippen LogP contribution in [0.1, 0.15) is 35.5 Å². The molecule has 1 N–H and O–H groups in total. The molecule has 1 aliphatic rings. The Morgan fingerprint density at radius 2 is 1.94 bits per heavy atom. The normalized spacial score (nSPS) is 13.1. The van der Waals surface area contributed by atoms with Crippen LogP contribution in [-0.2, 0) is 16.1 Å². The predicted octanol–water partition coefficient (Wildman–Crippen LogP) is 3.73. The van der Waals surface area contributed by atoms with Gasteiger partial charge in [0.05, 0.1) is 6.61 Å². The summed E-state index contributed by atoms with van der Waals surface area (Å²) >= 11 is 0. The molecule has 1 aromatic heterocycles. The third-order valence-electron chi connectivity index (χ3n) is 4.96. The monoisotopic (exact) mass is 425 g/mol. The fraction of sp³-hybridized carbons (Fsp3) is 0.304. The summed E-state index contributed by atoms with van der Waals surface area (Å²) in [5.74, 6) is 0.955. The van der Waals surface area contributed by atoms with E-state index in [2.05, 4.69) is 5.32 Å². The van der Waals surface area contributed by atoms with Crippen molar-refractivity contribution >= 4 is 22.8 Å². The lowest BCUT2D eigenvalue weighted by Crippen LogP contribution is -2.35. The highest BCUT2D eigenvalue weighted by molar-refractivity contribution is 5.97. The second-order valence-corrected chi connectivity index (χ2v) is 7.10. The van der Waals surface area contributed by atoms with E-state index in [1.807, 2.05) is 19.1 Å². The maximum absolute atomic E-state index is 12.6. The molecule has 0 saturated carbocycles. The Morgan fingerprint density at radius 1 is 1.13 bits per heavy atom. The maximum Gasteiger partial charge on any atom is 0.375 e. The number of amides is 1. The molecule has 31 heavy (non-hydrogen) atoms. The number of furan rings is 1. The van der Waals surface area contributed by atoms with Crippen LogP contribution < -0.4 is 19.5 Å². The molecule has 1 aliphatic heterocycles. The van der Waals surface area contributed by atoms with E-state index in [4.69, 9.17) is 23.4 Å². The van der Waals surface area contributed by atoms with Crippen molar-refractivity contribution in [1.29, 1.82) is 0 Å². The molecule has 0 spiro atoms. The zero-order valence-electron chi connectivity index (χ0n) is 17.5. The molecular formula is C23H23NO7. The summed E-state index contributed by atoms with van der Waals surface area (Å²) in [4.78, 5) is 25.0. The lowest BCUT2D eigenvalue weighted by molar-refractivity contribution is -0.129. The first-order valence-corrected chi connectivity index (χ1v) is 9.99. The molecule has 0 saturated heterocycles. The van der Waals surface area contributed by atoms with Gasteiger partial charge in [0.1, 0.15) is 11.3 Å². The van der Waals surface area contributed by atoms with Crippen molar-refractivity contribution in [1.82, 2.24) is 5.32 Å². The van der Waals surface area contributed by atoms with Gasteiger partial charge in [-0.25, -0.2) is 4.79 Å². The quantitative estimate of drug-likeness (QED) is 0.576. The first-order valence-electron chi connectivity index (χ1n) is 9.99. The summed E-state index contributed by atoms with van der Waals surface area (Å²) in [6.45, 7) is 6.17. The molecule has 3 aromatic rings.